The summed E-state index contributed by atoms with van der Waals surface area (Å²) in [4.78, 5) is 16.2. The molecule has 1 unspecified atom stereocenters. The van der Waals surface area contributed by atoms with E-state index in [2.05, 4.69) is 60.8 Å². The number of imidazole rings is 1. The molecule has 0 saturated heterocycles. The first kappa shape index (κ1) is 25.6. The molecule has 174 valence electrons. The lowest BCUT2D eigenvalue weighted by Crippen LogP contribution is -2.39. The highest BCUT2D eigenvalue weighted by atomic mass is 16.1. The zero-order valence-corrected chi connectivity index (χ0v) is 21.2. The Labute approximate surface area is 194 Å². The molecule has 4 heteroatoms. The molecule has 0 radical (unpaired) electrons. The molecule has 0 bridgehead atoms. The minimum absolute atomic E-state index is 0.0626. The van der Waals surface area contributed by atoms with Crippen LogP contribution in [0.1, 0.15) is 68.2 Å². The van der Waals surface area contributed by atoms with Crippen LogP contribution in [0.2, 0.25) is 0 Å². The maximum Gasteiger partial charge on any atom is 0.244 e. The molecule has 1 amide bonds. The fourth-order valence-electron chi connectivity index (χ4n) is 4.16. The minimum Gasteiger partial charge on any atom is -0.348 e. The predicted octanol–water partition coefficient (Wildman–Crippen LogP) is 6.56. The van der Waals surface area contributed by atoms with Crippen LogP contribution in [0.25, 0.3) is 0 Å². The van der Waals surface area contributed by atoms with Gasteiger partial charge in [0.25, 0.3) is 0 Å². The average Bonchev–Trinajstić information content (AvgIpc) is 3.15. The quantitative estimate of drug-likeness (QED) is 0.390. The molecular weight excluding hydrogens is 394 g/mol. The van der Waals surface area contributed by atoms with Gasteiger partial charge in [-0.2, -0.15) is 0 Å². The number of rotatable bonds is 7. The fourth-order valence-corrected chi connectivity index (χ4v) is 4.16. The molecule has 1 aromatic heterocycles. The molecule has 1 aromatic rings. The van der Waals surface area contributed by atoms with Crippen molar-refractivity contribution in [2.75, 3.05) is 0 Å². The molecular formula is C28H41N3O. The van der Waals surface area contributed by atoms with Crippen molar-refractivity contribution in [3.05, 3.63) is 77.5 Å². The third-order valence-electron chi connectivity index (χ3n) is 5.96. The van der Waals surface area contributed by atoms with E-state index in [9.17, 15) is 4.79 Å². The third kappa shape index (κ3) is 8.14. The lowest BCUT2D eigenvalue weighted by Gasteiger charge is -2.37. The van der Waals surface area contributed by atoms with Crippen molar-refractivity contribution in [2.24, 2.45) is 11.3 Å². The molecule has 1 aliphatic rings. The minimum atomic E-state index is -0.226. The summed E-state index contributed by atoms with van der Waals surface area (Å²) in [5.41, 5.74) is 4.99. The van der Waals surface area contributed by atoms with Crippen LogP contribution in [-0.2, 0) is 11.3 Å². The Morgan fingerprint density at radius 3 is 2.59 bits per heavy atom. The van der Waals surface area contributed by atoms with E-state index in [-0.39, 0.29) is 16.9 Å². The van der Waals surface area contributed by atoms with E-state index in [4.69, 9.17) is 0 Å². The zero-order valence-electron chi connectivity index (χ0n) is 21.2. The van der Waals surface area contributed by atoms with E-state index >= 15 is 0 Å². The van der Waals surface area contributed by atoms with Crippen molar-refractivity contribution in [2.45, 2.75) is 80.3 Å². The highest BCUT2D eigenvalue weighted by molar-refractivity contribution is 5.89. The second-order valence-corrected chi connectivity index (χ2v) is 10.7. The second kappa shape index (κ2) is 10.8. The normalized spacial score (nSPS) is 20.4. The van der Waals surface area contributed by atoms with E-state index in [1.165, 1.54) is 29.6 Å². The zero-order chi connectivity index (χ0) is 23.9. The lowest BCUT2D eigenvalue weighted by atomic mass is 9.68. The largest absolute Gasteiger partial charge is 0.348 e. The summed E-state index contributed by atoms with van der Waals surface area (Å²) in [7, 11) is 0. The van der Waals surface area contributed by atoms with Crippen LogP contribution in [0.15, 0.2) is 77.5 Å². The first-order valence-electron chi connectivity index (χ1n) is 11.6. The van der Waals surface area contributed by atoms with Gasteiger partial charge in [-0.1, -0.05) is 55.4 Å². The van der Waals surface area contributed by atoms with E-state index < -0.39 is 0 Å². The molecule has 0 fully saturated rings. The molecule has 1 aliphatic carbocycles. The molecule has 2 rings (SSSR count). The van der Waals surface area contributed by atoms with Crippen molar-refractivity contribution in [3.8, 4) is 0 Å². The third-order valence-corrected chi connectivity index (χ3v) is 5.96. The van der Waals surface area contributed by atoms with Gasteiger partial charge in [-0.3, -0.25) is 4.79 Å². The van der Waals surface area contributed by atoms with E-state index in [1.807, 2.05) is 58.6 Å². The van der Waals surface area contributed by atoms with Crippen molar-refractivity contribution in [1.29, 1.82) is 0 Å². The Kier molecular flexibility index (Phi) is 8.65. The summed E-state index contributed by atoms with van der Waals surface area (Å²) in [5, 5.41) is 2.95. The van der Waals surface area contributed by atoms with Gasteiger partial charge >= 0.3 is 0 Å². The van der Waals surface area contributed by atoms with Crippen molar-refractivity contribution in [3.63, 3.8) is 0 Å². The maximum atomic E-state index is 12.0. The monoisotopic (exact) mass is 435 g/mol. The smallest absolute Gasteiger partial charge is 0.244 e. The summed E-state index contributed by atoms with van der Waals surface area (Å²) < 4.78 is 2.18. The molecule has 1 atom stereocenters. The van der Waals surface area contributed by atoms with Gasteiger partial charge in [-0.15, -0.1) is 0 Å². The number of hydrogen-bond acceptors (Lipinski definition) is 2. The van der Waals surface area contributed by atoms with Gasteiger partial charge in [0, 0.05) is 30.6 Å². The van der Waals surface area contributed by atoms with Crippen LogP contribution in [0.5, 0.6) is 0 Å². The van der Waals surface area contributed by atoms with Gasteiger partial charge in [0.2, 0.25) is 5.91 Å². The van der Waals surface area contributed by atoms with E-state index in [1.54, 1.807) is 6.08 Å². The second-order valence-electron chi connectivity index (χ2n) is 10.7. The number of nitrogens with zero attached hydrogens (tertiary/aromatic N) is 2. The summed E-state index contributed by atoms with van der Waals surface area (Å²) in [5.74, 6) is 0.487. The Balaban J connectivity index is 2.09. The van der Waals surface area contributed by atoms with Crippen LogP contribution in [-0.4, -0.2) is 21.0 Å². The molecule has 1 heterocycles. The molecule has 4 nitrogen and oxygen atoms in total. The Bertz CT molecular complexity index is 932. The van der Waals surface area contributed by atoms with Crippen molar-refractivity contribution in [1.82, 2.24) is 14.9 Å². The molecule has 0 spiro atoms. The first-order chi connectivity index (χ1) is 14.9. The number of aromatic nitrogens is 2. The summed E-state index contributed by atoms with van der Waals surface area (Å²) in [6.45, 7) is 18.0. The summed E-state index contributed by atoms with van der Waals surface area (Å²) >= 11 is 0. The van der Waals surface area contributed by atoms with Crippen LogP contribution >= 0.6 is 0 Å². The van der Waals surface area contributed by atoms with E-state index in [0.717, 1.165) is 12.1 Å². The molecule has 32 heavy (non-hydrogen) atoms. The summed E-state index contributed by atoms with van der Waals surface area (Å²) in [6, 6.07) is 0. The predicted molar refractivity (Wildman–Crippen MR) is 135 cm³/mol. The number of carbonyl (C=O) groups is 1. The van der Waals surface area contributed by atoms with Gasteiger partial charge in [0.15, 0.2) is 0 Å². The summed E-state index contributed by atoms with van der Waals surface area (Å²) in [6.07, 6.45) is 20.4. The Morgan fingerprint density at radius 1 is 1.25 bits per heavy atom. The highest BCUT2D eigenvalue weighted by Crippen LogP contribution is 2.44. The first-order valence-corrected chi connectivity index (χ1v) is 11.6. The molecule has 0 aromatic carbocycles. The number of carbonyl (C=O) groups excluding carboxylic acids is 1. The average molecular weight is 436 g/mol. The van der Waals surface area contributed by atoms with Crippen LogP contribution in [0.3, 0.4) is 0 Å². The molecule has 1 N–H and O–H groups in total. The van der Waals surface area contributed by atoms with Gasteiger partial charge in [-0.25, -0.2) is 4.98 Å². The van der Waals surface area contributed by atoms with Crippen LogP contribution < -0.4 is 5.32 Å². The number of allylic oxidation sites excluding steroid dienone is 9. The van der Waals surface area contributed by atoms with Gasteiger partial charge in [0.05, 0.1) is 6.33 Å². The Hall–Kier alpha value is -2.62. The maximum absolute atomic E-state index is 12.0. The topological polar surface area (TPSA) is 46.9 Å². The van der Waals surface area contributed by atoms with Crippen LogP contribution in [0.4, 0.5) is 0 Å². The lowest BCUT2D eigenvalue weighted by molar-refractivity contribution is -0.117. The fraction of sp³-hybridized carbons (Fsp3) is 0.500. The standard InChI is InChI=1S/C28H41N3O/c1-21(10-9-11-22(2)18-26(32)30-27(4,5)6)12-13-25-23(3)24(14-15-28(25,7)8)19-31-17-16-29-20-31/h9-13,16-18,20,24H,14-15,19H2,1-8H3,(H,30,32). The van der Waals surface area contributed by atoms with Crippen molar-refractivity contribution >= 4 is 5.91 Å². The van der Waals surface area contributed by atoms with Gasteiger partial charge in [0.1, 0.15) is 0 Å². The van der Waals surface area contributed by atoms with E-state index in [0.29, 0.717) is 5.92 Å². The Morgan fingerprint density at radius 2 is 1.97 bits per heavy atom. The van der Waals surface area contributed by atoms with Crippen LogP contribution in [0, 0.1) is 11.3 Å². The SMILES string of the molecule is CC(C=CC1=C(C)C(Cn2ccnc2)CCC1(C)C)=CC=CC(C)=CC(=O)NC(C)(C)C. The molecule has 0 saturated carbocycles. The van der Waals surface area contributed by atoms with Gasteiger partial charge < -0.3 is 9.88 Å². The van der Waals surface area contributed by atoms with Gasteiger partial charge in [-0.05, 0) is 76.9 Å². The number of amides is 1. The molecule has 0 aliphatic heterocycles. The highest BCUT2D eigenvalue weighted by Gasteiger charge is 2.31. The number of hydrogen-bond donors (Lipinski definition) is 1. The number of nitrogens with one attached hydrogen (secondary N) is 1. The van der Waals surface area contributed by atoms with Crippen molar-refractivity contribution < 1.29 is 4.79 Å².